The molecular formula is C17H13F2N5O. The van der Waals surface area contributed by atoms with E-state index < -0.39 is 17.5 Å². The third kappa shape index (κ3) is 4.31. The minimum atomic E-state index is -1.04. The van der Waals surface area contributed by atoms with Gasteiger partial charge in [0.2, 0.25) is 5.95 Å². The standard InChI is InChI=1S/C17H13F2N5O/c18-14-5-4-12(7-15(14)19)24-16(25)11-8-21-17(22-9-11)23-10-13-3-1-2-6-20-13/h1-9H,10H2,(H,24,25)(H,21,22,23). The van der Waals surface area contributed by atoms with Gasteiger partial charge < -0.3 is 10.6 Å². The smallest absolute Gasteiger partial charge is 0.258 e. The molecule has 2 aromatic heterocycles. The van der Waals surface area contributed by atoms with Crippen LogP contribution in [0.2, 0.25) is 0 Å². The van der Waals surface area contributed by atoms with Crippen molar-refractivity contribution in [3.8, 4) is 0 Å². The Bertz CT molecular complexity index is 872. The average molecular weight is 341 g/mol. The Hall–Kier alpha value is -3.42. The summed E-state index contributed by atoms with van der Waals surface area (Å²) in [4.78, 5) is 24.3. The Kier molecular flexibility index (Phi) is 4.89. The Balaban J connectivity index is 1.61. The van der Waals surface area contributed by atoms with Crippen LogP contribution < -0.4 is 10.6 Å². The molecule has 25 heavy (non-hydrogen) atoms. The van der Waals surface area contributed by atoms with Crippen LogP contribution in [0, 0.1) is 11.6 Å². The summed E-state index contributed by atoms with van der Waals surface area (Å²) in [6, 6.07) is 8.65. The molecule has 126 valence electrons. The van der Waals surface area contributed by atoms with Gasteiger partial charge in [-0.05, 0) is 24.3 Å². The second-order valence-corrected chi connectivity index (χ2v) is 5.05. The highest BCUT2D eigenvalue weighted by molar-refractivity contribution is 6.03. The number of rotatable bonds is 5. The van der Waals surface area contributed by atoms with Gasteiger partial charge in [-0.15, -0.1) is 0 Å². The van der Waals surface area contributed by atoms with Gasteiger partial charge in [0.05, 0.1) is 17.8 Å². The van der Waals surface area contributed by atoms with Gasteiger partial charge in [-0.1, -0.05) is 6.07 Å². The second kappa shape index (κ2) is 7.43. The van der Waals surface area contributed by atoms with Gasteiger partial charge in [0.25, 0.3) is 5.91 Å². The Morgan fingerprint density at radius 1 is 1.00 bits per heavy atom. The minimum absolute atomic E-state index is 0.140. The number of pyridine rings is 1. The van der Waals surface area contributed by atoms with Gasteiger partial charge in [-0.2, -0.15) is 0 Å². The predicted molar refractivity (Wildman–Crippen MR) is 87.9 cm³/mol. The molecule has 3 aromatic rings. The zero-order valence-corrected chi connectivity index (χ0v) is 12.9. The van der Waals surface area contributed by atoms with Crippen molar-refractivity contribution in [1.29, 1.82) is 0 Å². The van der Waals surface area contributed by atoms with E-state index in [0.29, 0.717) is 12.5 Å². The van der Waals surface area contributed by atoms with Gasteiger partial charge >= 0.3 is 0 Å². The van der Waals surface area contributed by atoms with Crippen LogP contribution in [0.1, 0.15) is 16.1 Å². The number of benzene rings is 1. The van der Waals surface area contributed by atoms with E-state index in [1.165, 1.54) is 18.5 Å². The highest BCUT2D eigenvalue weighted by Gasteiger charge is 2.10. The molecular weight excluding hydrogens is 328 g/mol. The number of hydrogen-bond acceptors (Lipinski definition) is 5. The molecule has 2 heterocycles. The number of halogens is 2. The van der Waals surface area contributed by atoms with Crippen LogP contribution in [0.25, 0.3) is 0 Å². The number of hydrogen-bond donors (Lipinski definition) is 2. The van der Waals surface area contributed by atoms with Crippen LogP contribution in [0.15, 0.2) is 55.0 Å². The summed E-state index contributed by atoms with van der Waals surface area (Å²) in [7, 11) is 0. The normalized spacial score (nSPS) is 10.3. The number of nitrogens with one attached hydrogen (secondary N) is 2. The summed E-state index contributed by atoms with van der Waals surface area (Å²) < 4.78 is 26.0. The number of carbonyl (C=O) groups is 1. The molecule has 0 aliphatic heterocycles. The van der Waals surface area contributed by atoms with E-state index in [1.807, 2.05) is 18.2 Å². The van der Waals surface area contributed by atoms with Crippen LogP contribution in [0.3, 0.4) is 0 Å². The minimum Gasteiger partial charge on any atom is -0.349 e. The summed E-state index contributed by atoms with van der Waals surface area (Å²) >= 11 is 0. The van der Waals surface area contributed by atoms with E-state index >= 15 is 0 Å². The van der Waals surface area contributed by atoms with Crippen LogP contribution >= 0.6 is 0 Å². The Labute approximate surface area is 142 Å². The van der Waals surface area contributed by atoms with Gasteiger partial charge in [0.1, 0.15) is 0 Å². The third-order valence-corrected chi connectivity index (χ3v) is 3.25. The number of carbonyl (C=O) groups excluding carboxylic acids is 1. The summed E-state index contributed by atoms with van der Waals surface area (Å²) in [6.07, 6.45) is 4.36. The first-order valence-electron chi connectivity index (χ1n) is 7.34. The molecule has 0 aliphatic rings. The molecule has 1 amide bonds. The molecule has 3 rings (SSSR count). The lowest BCUT2D eigenvalue weighted by Gasteiger charge is -2.07. The zero-order valence-electron chi connectivity index (χ0n) is 12.9. The fourth-order valence-corrected chi connectivity index (χ4v) is 1.99. The molecule has 0 bridgehead atoms. The first kappa shape index (κ1) is 16.4. The molecule has 1 aromatic carbocycles. The SMILES string of the molecule is O=C(Nc1ccc(F)c(F)c1)c1cnc(NCc2ccccn2)nc1. The molecule has 0 saturated carbocycles. The quantitative estimate of drug-likeness (QED) is 0.746. The van der Waals surface area contributed by atoms with Gasteiger partial charge in [-0.3, -0.25) is 9.78 Å². The van der Waals surface area contributed by atoms with Crippen LogP contribution in [0.4, 0.5) is 20.4 Å². The number of aromatic nitrogens is 3. The summed E-state index contributed by atoms with van der Waals surface area (Å²) in [6.45, 7) is 0.446. The molecule has 8 heteroatoms. The number of nitrogens with zero attached hydrogens (tertiary/aromatic N) is 3. The maximum Gasteiger partial charge on any atom is 0.258 e. The first-order chi connectivity index (χ1) is 12.1. The van der Waals surface area contributed by atoms with Gasteiger partial charge in [0.15, 0.2) is 11.6 Å². The maximum atomic E-state index is 13.1. The maximum absolute atomic E-state index is 13.1. The van der Waals surface area contributed by atoms with Crippen LogP contribution in [-0.2, 0) is 6.54 Å². The lowest BCUT2D eigenvalue weighted by Crippen LogP contribution is -2.14. The van der Waals surface area contributed by atoms with E-state index in [1.54, 1.807) is 6.20 Å². The first-order valence-corrected chi connectivity index (χ1v) is 7.34. The van der Waals surface area contributed by atoms with E-state index in [9.17, 15) is 13.6 Å². The fourth-order valence-electron chi connectivity index (χ4n) is 1.99. The van der Waals surface area contributed by atoms with Gasteiger partial charge in [-0.25, -0.2) is 18.7 Å². The molecule has 0 atom stereocenters. The lowest BCUT2D eigenvalue weighted by molar-refractivity contribution is 0.102. The predicted octanol–water partition coefficient (Wildman–Crippen LogP) is 3.01. The van der Waals surface area contributed by atoms with E-state index in [2.05, 4.69) is 25.6 Å². The third-order valence-electron chi connectivity index (χ3n) is 3.25. The van der Waals surface area contributed by atoms with E-state index in [0.717, 1.165) is 17.8 Å². The van der Waals surface area contributed by atoms with Crippen molar-refractivity contribution in [2.45, 2.75) is 6.54 Å². The highest BCUT2D eigenvalue weighted by Crippen LogP contribution is 2.14. The summed E-state index contributed by atoms with van der Waals surface area (Å²) in [5.74, 6) is -2.20. The number of amides is 1. The van der Waals surface area contributed by atoms with E-state index in [-0.39, 0.29) is 11.3 Å². The monoisotopic (exact) mass is 341 g/mol. The molecule has 0 aliphatic carbocycles. The topological polar surface area (TPSA) is 79.8 Å². The fraction of sp³-hybridized carbons (Fsp3) is 0.0588. The molecule has 0 unspecified atom stereocenters. The van der Waals surface area contributed by atoms with Crippen molar-refractivity contribution in [2.75, 3.05) is 10.6 Å². The summed E-state index contributed by atoms with van der Waals surface area (Å²) in [5.41, 5.74) is 1.15. The zero-order chi connectivity index (χ0) is 17.6. The highest BCUT2D eigenvalue weighted by atomic mass is 19.2. The van der Waals surface area contributed by atoms with Crippen LogP contribution in [0.5, 0.6) is 0 Å². The lowest BCUT2D eigenvalue weighted by atomic mass is 10.2. The van der Waals surface area contributed by atoms with Crippen molar-refractivity contribution in [1.82, 2.24) is 15.0 Å². The molecule has 0 saturated heterocycles. The molecule has 6 nitrogen and oxygen atoms in total. The number of anilines is 2. The largest absolute Gasteiger partial charge is 0.349 e. The molecule has 0 radical (unpaired) electrons. The van der Waals surface area contributed by atoms with Crippen molar-refractivity contribution in [2.24, 2.45) is 0 Å². The Morgan fingerprint density at radius 3 is 2.48 bits per heavy atom. The van der Waals surface area contributed by atoms with Crippen LogP contribution in [-0.4, -0.2) is 20.9 Å². The molecule has 0 fully saturated rings. The summed E-state index contributed by atoms with van der Waals surface area (Å²) in [5, 5.41) is 5.43. The second-order valence-electron chi connectivity index (χ2n) is 5.05. The van der Waals surface area contributed by atoms with Crippen molar-refractivity contribution in [3.63, 3.8) is 0 Å². The molecule has 2 N–H and O–H groups in total. The average Bonchev–Trinajstić information content (AvgIpc) is 2.64. The van der Waals surface area contributed by atoms with E-state index in [4.69, 9.17) is 0 Å². The van der Waals surface area contributed by atoms with Crippen molar-refractivity contribution >= 4 is 17.5 Å². The molecule has 0 spiro atoms. The van der Waals surface area contributed by atoms with Crippen molar-refractivity contribution in [3.05, 3.63) is 77.9 Å². The Morgan fingerprint density at radius 2 is 1.80 bits per heavy atom. The van der Waals surface area contributed by atoms with Gasteiger partial charge in [0, 0.05) is 30.3 Å². The van der Waals surface area contributed by atoms with Crippen molar-refractivity contribution < 1.29 is 13.6 Å².